The number of aromatic carboxylic acids is 1. The Labute approximate surface area is 93.4 Å². The van der Waals surface area contributed by atoms with Gasteiger partial charge in [0.05, 0.1) is 5.56 Å². The number of nitrogens with one attached hydrogen (secondary N) is 1. The fraction of sp³-hybridized carbons (Fsp3) is 0.182. The second-order valence-electron chi connectivity index (χ2n) is 2.97. The summed E-state index contributed by atoms with van der Waals surface area (Å²) in [7, 11) is 1.81. The van der Waals surface area contributed by atoms with Crippen LogP contribution in [0.4, 0.5) is 0 Å². The molecule has 0 spiro atoms. The predicted molar refractivity (Wildman–Crippen MR) is 61.4 cm³/mol. The van der Waals surface area contributed by atoms with E-state index in [2.05, 4.69) is 5.32 Å². The van der Waals surface area contributed by atoms with Crippen molar-refractivity contribution in [2.24, 2.45) is 0 Å². The van der Waals surface area contributed by atoms with E-state index in [0.29, 0.717) is 17.1 Å². The van der Waals surface area contributed by atoms with E-state index in [9.17, 15) is 4.79 Å². The summed E-state index contributed by atoms with van der Waals surface area (Å²) in [6.45, 7) is 0.671. The molecule has 0 amide bonds. The largest absolute Gasteiger partial charge is 0.478 e. The number of rotatable bonds is 4. The summed E-state index contributed by atoms with van der Waals surface area (Å²) in [5.74, 6) is -0.971. The van der Waals surface area contributed by atoms with Gasteiger partial charge in [0.25, 0.3) is 0 Å². The molecular weight excluding hydrogens is 214 g/mol. The van der Waals surface area contributed by atoms with E-state index < -0.39 is 5.97 Å². The van der Waals surface area contributed by atoms with Crippen LogP contribution >= 0.6 is 11.6 Å². The van der Waals surface area contributed by atoms with E-state index in [1.807, 2.05) is 13.1 Å². The molecule has 2 N–H and O–H groups in total. The van der Waals surface area contributed by atoms with Crippen molar-refractivity contribution < 1.29 is 9.90 Å². The highest BCUT2D eigenvalue weighted by Gasteiger charge is 2.09. The smallest absolute Gasteiger partial charge is 0.336 e. The number of carboxylic acids is 1. The average molecular weight is 226 g/mol. The lowest BCUT2D eigenvalue weighted by Crippen LogP contribution is -2.04. The van der Waals surface area contributed by atoms with Crippen LogP contribution in [0.2, 0.25) is 5.02 Å². The van der Waals surface area contributed by atoms with Gasteiger partial charge >= 0.3 is 5.97 Å². The van der Waals surface area contributed by atoms with Gasteiger partial charge in [-0.2, -0.15) is 0 Å². The van der Waals surface area contributed by atoms with Crippen molar-refractivity contribution in [3.63, 3.8) is 0 Å². The second-order valence-corrected chi connectivity index (χ2v) is 3.37. The molecule has 0 bridgehead atoms. The summed E-state index contributed by atoms with van der Waals surface area (Å²) in [6.07, 6.45) is 3.54. The van der Waals surface area contributed by atoms with Crippen molar-refractivity contribution in [1.82, 2.24) is 5.32 Å². The van der Waals surface area contributed by atoms with Crippen LogP contribution in [0.5, 0.6) is 0 Å². The summed E-state index contributed by atoms with van der Waals surface area (Å²) in [5.41, 5.74) is 0.761. The van der Waals surface area contributed by atoms with Gasteiger partial charge in [-0.1, -0.05) is 29.8 Å². The number of likely N-dealkylation sites (N-methyl/N-ethyl adjacent to an activating group) is 1. The maximum absolute atomic E-state index is 10.9. The van der Waals surface area contributed by atoms with Gasteiger partial charge in [0.1, 0.15) is 0 Å². The minimum absolute atomic E-state index is 0.217. The Kier molecular flexibility index (Phi) is 4.34. The first-order valence-electron chi connectivity index (χ1n) is 4.49. The molecule has 0 aliphatic carbocycles. The molecule has 1 rings (SSSR count). The molecule has 3 nitrogen and oxygen atoms in total. The summed E-state index contributed by atoms with van der Waals surface area (Å²) in [4.78, 5) is 10.9. The fourth-order valence-electron chi connectivity index (χ4n) is 1.19. The lowest BCUT2D eigenvalue weighted by Gasteiger charge is -2.03. The Morgan fingerprint density at radius 3 is 2.93 bits per heavy atom. The second kappa shape index (κ2) is 5.53. The SMILES string of the molecule is CNCC=Cc1c(Cl)cccc1C(=O)O. The number of halogens is 1. The van der Waals surface area contributed by atoms with Crippen LogP contribution in [0.15, 0.2) is 24.3 Å². The molecule has 80 valence electrons. The monoisotopic (exact) mass is 225 g/mol. The molecule has 0 unspecified atom stereocenters. The Hall–Kier alpha value is -1.32. The molecule has 0 atom stereocenters. The number of hydrogen-bond acceptors (Lipinski definition) is 2. The standard InChI is InChI=1S/C11H12ClNO2/c1-13-7-3-5-8-9(11(14)15)4-2-6-10(8)12/h2-6,13H,7H2,1H3,(H,14,15). The van der Waals surface area contributed by atoms with Gasteiger partial charge in [0.15, 0.2) is 0 Å². The maximum Gasteiger partial charge on any atom is 0.336 e. The zero-order chi connectivity index (χ0) is 11.3. The molecule has 0 saturated heterocycles. The van der Waals surface area contributed by atoms with Crippen molar-refractivity contribution >= 4 is 23.6 Å². The van der Waals surface area contributed by atoms with Crippen molar-refractivity contribution in [3.05, 3.63) is 40.4 Å². The van der Waals surface area contributed by atoms with E-state index in [4.69, 9.17) is 16.7 Å². The normalized spacial score (nSPS) is 10.8. The third kappa shape index (κ3) is 3.08. The fourth-order valence-corrected chi connectivity index (χ4v) is 1.43. The molecule has 1 aromatic rings. The van der Waals surface area contributed by atoms with Crippen molar-refractivity contribution in [1.29, 1.82) is 0 Å². The van der Waals surface area contributed by atoms with Gasteiger partial charge < -0.3 is 10.4 Å². The molecular formula is C11H12ClNO2. The Morgan fingerprint density at radius 2 is 2.33 bits per heavy atom. The van der Waals surface area contributed by atoms with Crippen LogP contribution in [-0.2, 0) is 0 Å². The third-order valence-corrected chi connectivity index (χ3v) is 2.22. The first-order valence-corrected chi connectivity index (χ1v) is 4.87. The predicted octanol–water partition coefficient (Wildman–Crippen LogP) is 2.27. The molecule has 0 heterocycles. The number of benzene rings is 1. The van der Waals surface area contributed by atoms with E-state index in [1.54, 1.807) is 18.2 Å². The van der Waals surface area contributed by atoms with Crippen molar-refractivity contribution in [2.45, 2.75) is 0 Å². The summed E-state index contributed by atoms with van der Waals surface area (Å²) in [6, 6.07) is 4.83. The van der Waals surface area contributed by atoms with E-state index in [0.717, 1.165) is 0 Å². The first kappa shape index (κ1) is 11.8. The zero-order valence-corrected chi connectivity index (χ0v) is 9.08. The number of hydrogen-bond donors (Lipinski definition) is 2. The quantitative estimate of drug-likeness (QED) is 0.827. The topological polar surface area (TPSA) is 49.3 Å². The molecule has 0 aromatic heterocycles. The highest BCUT2D eigenvalue weighted by Crippen LogP contribution is 2.21. The molecule has 1 aromatic carbocycles. The van der Waals surface area contributed by atoms with Gasteiger partial charge in [-0.25, -0.2) is 4.79 Å². The van der Waals surface area contributed by atoms with Crippen LogP contribution in [0.1, 0.15) is 15.9 Å². The van der Waals surface area contributed by atoms with Crippen LogP contribution in [0, 0.1) is 0 Å². The number of carbonyl (C=O) groups is 1. The summed E-state index contributed by atoms with van der Waals surface area (Å²) < 4.78 is 0. The van der Waals surface area contributed by atoms with Crippen LogP contribution in [-0.4, -0.2) is 24.7 Å². The molecule has 0 aliphatic heterocycles. The molecule has 0 fully saturated rings. The minimum atomic E-state index is -0.971. The first-order chi connectivity index (χ1) is 7.16. The Bertz CT molecular complexity index is 388. The van der Waals surface area contributed by atoms with Gasteiger partial charge in [-0.15, -0.1) is 0 Å². The highest BCUT2D eigenvalue weighted by molar-refractivity contribution is 6.32. The molecule has 0 aliphatic rings. The van der Waals surface area contributed by atoms with E-state index in [-0.39, 0.29) is 5.56 Å². The van der Waals surface area contributed by atoms with Gasteiger partial charge in [-0.3, -0.25) is 0 Å². The highest BCUT2D eigenvalue weighted by atomic mass is 35.5. The Morgan fingerprint density at radius 1 is 1.60 bits per heavy atom. The summed E-state index contributed by atoms with van der Waals surface area (Å²) in [5, 5.41) is 12.3. The molecule has 4 heteroatoms. The zero-order valence-electron chi connectivity index (χ0n) is 8.33. The van der Waals surface area contributed by atoms with Crippen molar-refractivity contribution in [2.75, 3.05) is 13.6 Å². The lowest BCUT2D eigenvalue weighted by molar-refractivity contribution is 0.0696. The minimum Gasteiger partial charge on any atom is -0.478 e. The van der Waals surface area contributed by atoms with Gasteiger partial charge in [0, 0.05) is 17.1 Å². The average Bonchev–Trinajstić information content (AvgIpc) is 2.20. The maximum atomic E-state index is 10.9. The van der Waals surface area contributed by atoms with Gasteiger partial charge in [0.2, 0.25) is 0 Å². The molecule has 0 saturated carbocycles. The molecule has 15 heavy (non-hydrogen) atoms. The van der Waals surface area contributed by atoms with E-state index >= 15 is 0 Å². The van der Waals surface area contributed by atoms with Gasteiger partial charge in [-0.05, 0) is 19.2 Å². The Balaban J connectivity index is 3.07. The van der Waals surface area contributed by atoms with E-state index in [1.165, 1.54) is 6.07 Å². The van der Waals surface area contributed by atoms with Crippen LogP contribution in [0.25, 0.3) is 6.08 Å². The summed E-state index contributed by atoms with van der Waals surface area (Å²) >= 11 is 5.92. The lowest BCUT2D eigenvalue weighted by atomic mass is 10.1. The van der Waals surface area contributed by atoms with Crippen LogP contribution < -0.4 is 5.32 Å². The molecule has 0 radical (unpaired) electrons. The number of carboxylic acid groups (broad SMARTS) is 1. The van der Waals surface area contributed by atoms with Crippen LogP contribution in [0.3, 0.4) is 0 Å². The third-order valence-electron chi connectivity index (χ3n) is 1.89. The van der Waals surface area contributed by atoms with Crippen molar-refractivity contribution in [3.8, 4) is 0 Å².